The van der Waals surface area contributed by atoms with Crippen LogP contribution >= 0.6 is 0 Å². The molecule has 2 atom stereocenters. The van der Waals surface area contributed by atoms with Crippen molar-refractivity contribution in [3.8, 4) is 0 Å². The highest BCUT2D eigenvalue weighted by Crippen LogP contribution is 2.41. The van der Waals surface area contributed by atoms with Crippen molar-refractivity contribution in [3.63, 3.8) is 0 Å². The number of benzene rings is 1. The Morgan fingerprint density at radius 3 is 2.84 bits per heavy atom. The molecule has 1 aliphatic rings. The molecular formula is C16H22O3. The van der Waals surface area contributed by atoms with Gasteiger partial charge in [-0.15, -0.1) is 0 Å². The molecule has 0 saturated carbocycles. The number of rotatable bonds is 7. The van der Waals surface area contributed by atoms with Gasteiger partial charge < -0.3 is 14.6 Å². The van der Waals surface area contributed by atoms with Crippen LogP contribution in [0.4, 0.5) is 0 Å². The molecule has 1 aromatic rings. The number of ether oxygens (including phenoxy) is 2. The van der Waals surface area contributed by atoms with E-state index in [0.29, 0.717) is 6.61 Å². The number of hydrogen-bond acceptors (Lipinski definition) is 3. The second-order valence-corrected chi connectivity index (χ2v) is 5.17. The molecule has 104 valence electrons. The maximum absolute atomic E-state index is 8.80. The van der Waals surface area contributed by atoms with E-state index < -0.39 is 5.79 Å². The molecule has 19 heavy (non-hydrogen) atoms. The van der Waals surface area contributed by atoms with Crippen LogP contribution in [0.3, 0.4) is 0 Å². The zero-order valence-corrected chi connectivity index (χ0v) is 11.6. The van der Waals surface area contributed by atoms with Crippen LogP contribution in [0.1, 0.15) is 32.3 Å². The molecule has 1 saturated heterocycles. The van der Waals surface area contributed by atoms with E-state index in [9.17, 15) is 0 Å². The fraction of sp³-hybridized carbons (Fsp3) is 0.500. The van der Waals surface area contributed by atoms with Crippen molar-refractivity contribution < 1.29 is 14.6 Å². The highest BCUT2D eigenvalue weighted by Gasteiger charge is 2.53. The number of aliphatic hydroxyl groups is 1. The molecule has 0 aliphatic carbocycles. The first-order valence-electron chi connectivity index (χ1n) is 6.76. The molecule has 0 aromatic heterocycles. The summed E-state index contributed by atoms with van der Waals surface area (Å²) >= 11 is 0. The zero-order valence-electron chi connectivity index (χ0n) is 11.6. The number of aliphatic hydroxyl groups excluding tert-OH is 1. The Balaban J connectivity index is 1.72. The van der Waals surface area contributed by atoms with Crippen LogP contribution in [0.15, 0.2) is 42.0 Å². The van der Waals surface area contributed by atoms with Gasteiger partial charge in [0, 0.05) is 0 Å². The number of epoxide rings is 1. The van der Waals surface area contributed by atoms with Gasteiger partial charge in [-0.25, -0.2) is 0 Å². The minimum Gasteiger partial charge on any atom is -0.392 e. The van der Waals surface area contributed by atoms with E-state index >= 15 is 0 Å². The predicted octanol–water partition coefficient (Wildman–Crippen LogP) is 3.04. The summed E-state index contributed by atoms with van der Waals surface area (Å²) in [4.78, 5) is 0. The molecule has 3 nitrogen and oxygen atoms in total. The Labute approximate surface area is 114 Å². The molecular weight excluding hydrogens is 240 g/mol. The lowest BCUT2D eigenvalue weighted by Gasteiger charge is -2.09. The Morgan fingerprint density at radius 2 is 2.16 bits per heavy atom. The average molecular weight is 262 g/mol. The van der Waals surface area contributed by atoms with Gasteiger partial charge in [-0.3, -0.25) is 0 Å². The van der Waals surface area contributed by atoms with Crippen molar-refractivity contribution in [2.45, 2.75) is 45.2 Å². The summed E-state index contributed by atoms with van der Waals surface area (Å²) in [7, 11) is 0. The first-order chi connectivity index (χ1) is 9.14. The number of allylic oxidation sites excluding steroid dienone is 1. The predicted molar refractivity (Wildman–Crippen MR) is 74.6 cm³/mol. The van der Waals surface area contributed by atoms with Gasteiger partial charge >= 0.3 is 0 Å². The van der Waals surface area contributed by atoms with Gasteiger partial charge in [0.25, 0.3) is 0 Å². The van der Waals surface area contributed by atoms with Crippen LogP contribution in [0.25, 0.3) is 0 Å². The van der Waals surface area contributed by atoms with Crippen LogP contribution in [0.2, 0.25) is 0 Å². The first-order valence-corrected chi connectivity index (χ1v) is 6.76. The molecule has 0 bridgehead atoms. The van der Waals surface area contributed by atoms with Crippen LogP contribution < -0.4 is 0 Å². The summed E-state index contributed by atoms with van der Waals surface area (Å²) in [6.45, 7) is 4.71. The van der Waals surface area contributed by atoms with Crippen LogP contribution in [-0.2, 0) is 16.1 Å². The molecule has 1 aromatic carbocycles. The third-order valence-electron chi connectivity index (χ3n) is 3.51. The lowest BCUT2D eigenvalue weighted by molar-refractivity contribution is -0.0407. The van der Waals surface area contributed by atoms with Gasteiger partial charge in [-0.05, 0) is 32.3 Å². The monoisotopic (exact) mass is 262 g/mol. The highest BCUT2D eigenvalue weighted by atomic mass is 16.8. The van der Waals surface area contributed by atoms with Crippen molar-refractivity contribution >= 4 is 0 Å². The zero-order chi connectivity index (χ0) is 13.7. The first kappa shape index (κ1) is 14.3. The van der Waals surface area contributed by atoms with E-state index in [4.69, 9.17) is 14.6 Å². The Kier molecular flexibility index (Phi) is 4.75. The summed E-state index contributed by atoms with van der Waals surface area (Å²) in [6.07, 6.45) is 3.88. The van der Waals surface area contributed by atoms with Crippen molar-refractivity contribution in [2.75, 3.05) is 6.61 Å². The summed E-state index contributed by atoms with van der Waals surface area (Å²) in [5.41, 5.74) is 2.36. The van der Waals surface area contributed by atoms with E-state index in [0.717, 1.165) is 18.4 Å². The lowest BCUT2D eigenvalue weighted by atomic mass is 10.1. The fourth-order valence-electron chi connectivity index (χ4n) is 2.11. The summed E-state index contributed by atoms with van der Waals surface area (Å²) < 4.78 is 11.5. The molecule has 1 fully saturated rings. The van der Waals surface area contributed by atoms with Gasteiger partial charge in [0.2, 0.25) is 0 Å². The fourth-order valence-corrected chi connectivity index (χ4v) is 2.11. The second kappa shape index (κ2) is 6.33. The SMILES string of the molecule is C/C(=C\CO)CC[C@@H]1O[C@@]1(C)OCc1ccccc1. The van der Waals surface area contributed by atoms with Crippen molar-refractivity contribution in [3.05, 3.63) is 47.5 Å². The summed E-state index contributed by atoms with van der Waals surface area (Å²) in [5.74, 6) is -0.435. The van der Waals surface area contributed by atoms with E-state index in [1.807, 2.05) is 38.1 Å². The third kappa shape index (κ3) is 4.16. The van der Waals surface area contributed by atoms with Gasteiger partial charge in [0.05, 0.1) is 13.2 Å². The Bertz CT molecular complexity index is 427. The van der Waals surface area contributed by atoms with Crippen molar-refractivity contribution in [1.29, 1.82) is 0 Å². The minimum atomic E-state index is -0.435. The topological polar surface area (TPSA) is 42.0 Å². The van der Waals surface area contributed by atoms with Crippen molar-refractivity contribution in [1.82, 2.24) is 0 Å². The van der Waals surface area contributed by atoms with Gasteiger partial charge in [0.15, 0.2) is 5.79 Å². The third-order valence-corrected chi connectivity index (χ3v) is 3.51. The number of hydrogen-bond donors (Lipinski definition) is 1. The average Bonchev–Trinajstić information content (AvgIpc) is 3.07. The summed E-state index contributed by atoms with van der Waals surface area (Å²) in [5, 5.41) is 8.80. The molecule has 1 aliphatic heterocycles. The molecule has 1 N–H and O–H groups in total. The molecule has 3 heteroatoms. The van der Waals surface area contributed by atoms with Crippen LogP contribution in [0, 0.1) is 0 Å². The molecule has 1 heterocycles. The summed E-state index contributed by atoms with van der Waals surface area (Å²) in [6, 6.07) is 10.1. The van der Waals surface area contributed by atoms with E-state index in [2.05, 4.69) is 12.1 Å². The lowest BCUT2D eigenvalue weighted by Crippen LogP contribution is -2.15. The van der Waals surface area contributed by atoms with Gasteiger partial charge in [0.1, 0.15) is 6.10 Å². The molecule has 0 spiro atoms. The molecule has 2 rings (SSSR count). The van der Waals surface area contributed by atoms with E-state index in [1.165, 1.54) is 5.57 Å². The smallest absolute Gasteiger partial charge is 0.192 e. The van der Waals surface area contributed by atoms with Crippen molar-refractivity contribution in [2.24, 2.45) is 0 Å². The molecule has 0 amide bonds. The second-order valence-electron chi connectivity index (χ2n) is 5.17. The molecule has 0 unspecified atom stereocenters. The van der Waals surface area contributed by atoms with E-state index in [-0.39, 0.29) is 12.7 Å². The maximum Gasteiger partial charge on any atom is 0.192 e. The van der Waals surface area contributed by atoms with Crippen LogP contribution in [0.5, 0.6) is 0 Å². The van der Waals surface area contributed by atoms with Gasteiger partial charge in [-0.2, -0.15) is 0 Å². The normalized spacial score (nSPS) is 26.5. The maximum atomic E-state index is 8.80. The van der Waals surface area contributed by atoms with Gasteiger partial charge in [-0.1, -0.05) is 42.0 Å². The Hall–Kier alpha value is -1.16. The Morgan fingerprint density at radius 1 is 1.42 bits per heavy atom. The van der Waals surface area contributed by atoms with Crippen LogP contribution in [-0.4, -0.2) is 23.6 Å². The largest absolute Gasteiger partial charge is 0.392 e. The molecule has 0 radical (unpaired) electrons. The van der Waals surface area contributed by atoms with E-state index in [1.54, 1.807) is 0 Å². The highest BCUT2D eigenvalue weighted by molar-refractivity contribution is 5.13. The standard InChI is InChI=1S/C16H22O3/c1-13(10-11-17)8-9-15-16(2,19-15)18-12-14-6-4-3-5-7-14/h3-7,10,15,17H,8-9,11-12H2,1-2H3/b13-10+/t15-,16+/m0/s1. The minimum absolute atomic E-state index is 0.110. The quantitative estimate of drug-likeness (QED) is 0.606.